The Kier molecular flexibility index (Phi) is 5.56. The summed E-state index contributed by atoms with van der Waals surface area (Å²) in [6.07, 6.45) is 5.43. The minimum absolute atomic E-state index is 0.0522. The van der Waals surface area contributed by atoms with Crippen molar-refractivity contribution in [1.29, 1.82) is 0 Å². The number of hydrogen-bond acceptors (Lipinski definition) is 4. The van der Waals surface area contributed by atoms with Gasteiger partial charge in [-0.15, -0.1) is 0 Å². The third-order valence-electron chi connectivity index (χ3n) is 5.81. The molecule has 0 N–H and O–H groups in total. The summed E-state index contributed by atoms with van der Waals surface area (Å²) in [5, 5.41) is 0. The van der Waals surface area contributed by atoms with E-state index in [9.17, 15) is 14.0 Å². The third-order valence-corrected chi connectivity index (χ3v) is 5.81. The number of nitrogens with zero attached hydrogens (tertiary/aromatic N) is 4. The average molecular weight is 396 g/mol. The molecule has 1 saturated heterocycles. The van der Waals surface area contributed by atoms with Crippen molar-refractivity contribution >= 4 is 11.8 Å². The van der Waals surface area contributed by atoms with Crippen LogP contribution in [0.3, 0.4) is 0 Å². The number of carbonyl (C=O) groups excluding carboxylic acids is 2. The van der Waals surface area contributed by atoms with Gasteiger partial charge in [-0.1, -0.05) is 18.2 Å². The molecular formula is C22H25FN4O2. The Morgan fingerprint density at radius 1 is 1.21 bits per heavy atom. The van der Waals surface area contributed by atoms with Gasteiger partial charge in [0.25, 0.3) is 0 Å². The highest BCUT2D eigenvalue weighted by atomic mass is 19.1. The van der Waals surface area contributed by atoms with Crippen molar-refractivity contribution in [3.63, 3.8) is 0 Å². The third kappa shape index (κ3) is 4.13. The number of rotatable bonds is 3. The monoisotopic (exact) mass is 396 g/mol. The van der Waals surface area contributed by atoms with Gasteiger partial charge in [0.15, 0.2) is 5.82 Å². The van der Waals surface area contributed by atoms with E-state index in [0.717, 1.165) is 37.1 Å². The van der Waals surface area contributed by atoms with Crippen LogP contribution in [-0.2, 0) is 29.0 Å². The Bertz CT molecular complexity index is 933. The standard InChI is InChI=1S/C22H25FN4O2/c1-15(28)27-10-5-4-8-20(27)22-24-13-17-14-26(11-9-19(17)25-22)21(29)12-16-6-2-3-7-18(16)23/h2-3,6-7,13,20H,4-5,8-12,14H2,1H3/t20-/m1/s1. The van der Waals surface area contributed by atoms with Crippen LogP contribution >= 0.6 is 0 Å². The molecule has 2 aliphatic rings. The number of benzene rings is 1. The minimum Gasteiger partial charge on any atom is -0.338 e. The number of fused-ring (bicyclic) bond motifs is 1. The van der Waals surface area contributed by atoms with E-state index in [2.05, 4.69) is 4.98 Å². The van der Waals surface area contributed by atoms with E-state index in [1.54, 1.807) is 36.2 Å². The van der Waals surface area contributed by atoms with Gasteiger partial charge in [-0.2, -0.15) is 0 Å². The van der Waals surface area contributed by atoms with Gasteiger partial charge in [0, 0.05) is 44.7 Å². The molecule has 7 heteroatoms. The molecule has 0 saturated carbocycles. The molecule has 2 aromatic rings. The molecule has 0 bridgehead atoms. The highest BCUT2D eigenvalue weighted by molar-refractivity contribution is 5.79. The van der Waals surface area contributed by atoms with Gasteiger partial charge in [-0.05, 0) is 30.9 Å². The molecule has 1 aromatic heterocycles. The van der Waals surface area contributed by atoms with Crippen molar-refractivity contribution in [3.8, 4) is 0 Å². The highest BCUT2D eigenvalue weighted by Crippen LogP contribution is 2.30. The molecule has 1 aromatic carbocycles. The lowest BCUT2D eigenvalue weighted by atomic mass is 10.00. The number of likely N-dealkylation sites (tertiary alicyclic amines) is 1. The van der Waals surface area contributed by atoms with Crippen molar-refractivity contribution in [2.24, 2.45) is 0 Å². The smallest absolute Gasteiger partial charge is 0.227 e. The lowest BCUT2D eigenvalue weighted by molar-refractivity contribution is -0.133. The predicted molar refractivity (Wildman–Crippen MR) is 105 cm³/mol. The fourth-order valence-electron chi connectivity index (χ4n) is 4.20. The van der Waals surface area contributed by atoms with E-state index >= 15 is 0 Å². The second-order valence-electron chi connectivity index (χ2n) is 7.76. The Hall–Kier alpha value is -2.83. The van der Waals surface area contributed by atoms with Gasteiger partial charge in [0.1, 0.15) is 5.82 Å². The van der Waals surface area contributed by atoms with Crippen LogP contribution in [0, 0.1) is 5.82 Å². The van der Waals surface area contributed by atoms with Crippen LogP contribution in [0.2, 0.25) is 0 Å². The van der Waals surface area contributed by atoms with E-state index in [1.807, 2.05) is 4.90 Å². The van der Waals surface area contributed by atoms with E-state index < -0.39 is 0 Å². The summed E-state index contributed by atoms with van der Waals surface area (Å²) < 4.78 is 13.8. The number of halogens is 1. The van der Waals surface area contributed by atoms with Gasteiger partial charge >= 0.3 is 0 Å². The van der Waals surface area contributed by atoms with Crippen LogP contribution < -0.4 is 0 Å². The first-order valence-corrected chi connectivity index (χ1v) is 10.2. The molecule has 1 atom stereocenters. The summed E-state index contributed by atoms with van der Waals surface area (Å²) in [6.45, 7) is 3.33. The van der Waals surface area contributed by atoms with Crippen molar-refractivity contribution in [1.82, 2.24) is 19.8 Å². The molecule has 2 aliphatic heterocycles. The van der Waals surface area contributed by atoms with Crippen LogP contribution in [0.4, 0.5) is 4.39 Å². The lowest BCUT2D eigenvalue weighted by Crippen LogP contribution is -2.39. The Morgan fingerprint density at radius 3 is 2.83 bits per heavy atom. The molecule has 0 aliphatic carbocycles. The topological polar surface area (TPSA) is 66.4 Å². The Labute approximate surface area is 169 Å². The van der Waals surface area contributed by atoms with E-state index in [-0.39, 0.29) is 30.1 Å². The largest absolute Gasteiger partial charge is 0.338 e. The zero-order chi connectivity index (χ0) is 20.4. The fraction of sp³-hybridized carbons (Fsp3) is 0.455. The van der Waals surface area contributed by atoms with Gasteiger partial charge < -0.3 is 9.80 Å². The number of hydrogen-bond donors (Lipinski definition) is 0. The molecule has 1 fully saturated rings. The fourth-order valence-corrected chi connectivity index (χ4v) is 4.20. The molecular weight excluding hydrogens is 371 g/mol. The SMILES string of the molecule is CC(=O)N1CCCC[C@@H]1c1ncc2c(n1)CCN(C(=O)Cc1ccccc1F)C2. The Morgan fingerprint density at radius 2 is 2.03 bits per heavy atom. The summed E-state index contributed by atoms with van der Waals surface area (Å²) in [7, 11) is 0. The Balaban J connectivity index is 1.47. The zero-order valence-electron chi connectivity index (χ0n) is 16.6. The maximum absolute atomic E-state index is 13.8. The molecule has 2 amide bonds. The maximum atomic E-state index is 13.8. The summed E-state index contributed by atoms with van der Waals surface area (Å²) in [4.78, 5) is 37.5. The van der Waals surface area contributed by atoms with Crippen molar-refractivity contribution in [2.45, 2.75) is 51.6 Å². The molecule has 152 valence electrons. The lowest BCUT2D eigenvalue weighted by Gasteiger charge is -2.35. The summed E-state index contributed by atoms with van der Waals surface area (Å²) in [5.41, 5.74) is 2.28. The predicted octanol–water partition coefficient (Wildman–Crippen LogP) is 2.82. The molecule has 3 heterocycles. The van der Waals surface area contributed by atoms with E-state index in [4.69, 9.17) is 4.98 Å². The van der Waals surface area contributed by atoms with E-state index in [1.165, 1.54) is 6.07 Å². The second-order valence-corrected chi connectivity index (χ2v) is 7.76. The molecule has 29 heavy (non-hydrogen) atoms. The first kappa shape index (κ1) is 19.5. The first-order valence-electron chi connectivity index (χ1n) is 10.2. The zero-order valence-corrected chi connectivity index (χ0v) is 16.6. The number of amides is 2. The molecule has 6 nitrogen and oxygen atoms in total. The normalized spacial score (nSPS) is 19.0. The van der Waals surface area contributed by atoms with Crippen molar-refractivity contribution in [2.75, 3.05) is 13.1 Å². The summed E-state index contributed by atoms with van der Waals surface area (Å²) in [6, 6.07) is 6.31. The van der Waals surface area contributed by atoms with Gasteiger partial charge in [-0.3, -0.25) is 9.59 Å². The highest BCUT2D eigenvalue weighted by Gasteiger charge is 2.30. The first-order chi connectivity index (χ1) is 14.0. The van der Waals surface area contributed by atoms with Crippen LogP contribution in [0.25, 0.3) is 0 Å². The molecule has 4 rings (SSSR count). The van der Waals surface area contributed by atoms with Crippen LogP contribution in [0.15, 0.2) is 30.5 Å². The second kappa shape index (κ2) is 8.27. The van der Waals surface area contributed by atoms with Crippen molar-refractivity contribution in [3.05, 3.63) is 58.9 Å². The van der Waals surface area contributed by atoms with Crippen LogP contribution in [0.1, 0.15) is 54.9 Å². The van der Waals surface area contributed by atoms with E-state index in [0.29, 0.717) is 30.9 Å². The van der Waals surface area contributed by atoms with Gasteiger partial charge in [0.05, 0.1) is 18.2 Å². The number of carbonyl (C=O) groups is 2. The average Bonchev–Trinajstić information content (AvgIpc) is 2.74. The maximum Gasteiger partial charge on any atom is 0.227 e. The van der Waals surface area contributed by atoms with Gasteiger partial charge in [-0.25, -0.2) is 14.4 Å². The summed E-state index contributed by atoms with van der Waals surface area (Å²) >= 11 is 0. The molecule has 0 spiro atoms. The summed E-state index contributed by atoms with van der Waals surface area (Å²) in [5.74, 6) is 0.305. The minimum atomic E-state index is -0.353. The van der Waals surface area contributed by atoms with Crippen LogP contribution in [-0.4, -0.2) is 44.7 Å². The number of aromatic nitrogens is 2. The quantitative estimate of drug-likeness (QED) is 0.800. The molecule has 0 radical (unpaired) electrons. The van der Waals surface area contributed by atoms with Crippen LogP contribution in [0.5, 0.6) is 0 Å². The van der Waals surface area contributed by atoms with Crippen molar-refractivity contribution < 1.29 is 14.0 Å². The molecule has 0 unspecified atom stereocenters. The van der Waals surface area contributed by atoms with Gasteiger partial charge in [0.2, 0.25) is 11.8 Å². The number of piperidine rings is 1.